The van der Waals surface area contributed by atoms with Gasteiger partial charge in [0.05, 0.1) is 6.42 Å². The molecule has 0 bridgehead atoms. The summed E-state index contributed by atoms with van der Waals surface area (Å²) in [5.74, 6) is -0.403. The van der Waals surface area contributed by atoms with Crippen molar-refractivity contribution in [3.8, 4) is 0 Å². The van der Waals surface area contributed by atoms with Crippen LogP contribution in [0.25, 0.3) is 0 Å². The zero-order valence-corrected chi connectivity index (χ0v) is 13.7. The summed E-state index contributed by atoms with van der Waals surface area (Å²) in [5, 5.41) is 11.4. The molecule has 0 aliphatic heterocycles. The number of carbonyl (C=O) groups is 1. The third-order valence-corrected chi connectivity index (χ3v) is 4.21. The van der Waals surface area contributed by atoms with Crippen LogP contribution in [0.3, 0.4) is 0 Å². The number of amides is 1. The van der Waals surface area contributed by atoms with E-state index in [1.807, 2.05) is 30.3 Å². The average Bonchev–Trinajstić information content (AvgIpc) is 3.02. The van der Waals surface area contributed by atoms with Gasteiger partial charge in [-0.05, 0) is 5.56 Å². The van der Waals surface area contributed by atoms with E-state index in [0.717, 1.165) is 5.56 Å². The zero-order chi connectivity index (χ0) is 17.8. The molecule has 1 atom stereocenters. The number of nitrogens with zero attached hydrogens (tertiary/aromatic N) is 2. The number of carbonyl (C=O) groups excluding carboxylic acids is 1. The minimum atomic E-state index is -0.624. The SMILES string of the molecule is Nc1nnc(C(NC(=O)Cc2c[nH]c(=O)[nH]c2=O)c2ccccc2)s1. The fourth-order valence-corrected chi connectivity index (χ4v) is 2.94. The Morgan fingerprint density at radius 3 is 2.64 bits per heavy atom. The van der Waals surface area contributed by atoms with Crippen molar-refractivity contribution in [2.75, 3.05) is 5.73 Å². The summed E-state index contributed by atoms with van der Waals surface area (Å²) in [5.41, 5.74) is 5.37. The van der Waals surface area contributed by atoms with Gasteiger partial charge in [0, 0.05) is 11.8 Å². The summed E-state index contributed by atoms with van der Waals surface area (Å²) < 4.78 is 0. The standard InChI is InChI=1S/C15H14N6O3S/c16-14-21-20-13(25-14)11(8-4-2-1-3-5-8)18-10(22)6-9-7-17-15(24)19-12(9)23/h1-5,7,11H,6H2,(H2,16,21)(H,18,22)(H2,17,19,23,24). The fraction of sp³-hybridized carbons (Fsp3) is 0.133. The lowest BCUT2D eigenvalue weighted by molar-refractivity contribution is -0.121. The number of hydrogen-bond donors (Lipinski definition) is 4. The molecule has 0 saturated carbocycles. The van der Waals surface area contributed by atoms with Gasteiger partial charge in [-0.25, -0.2) is 4.79 Å². The zero-order valence-electron chi connectivity index (χ0n) is 12.9. The number of aromatic nitrogens is 4. The van der Waals surface area contributed by atoms with Crippen LogP contribution in [0.4, 0.5) is 5.13 Å². The Labute approximate surface area is 145 Å². The molecule has 3 aromatic rings. The largest absolute Gasteiger partial charge is 0.374 e. The predicted octanol–water partition coefficient (Wildman–Crippen LogP) is -0.0548. The molecule has 3 rings (SSSR count). The van der Waals surface area contributed by atoms with Crippen molar-refractivity contribution in [3.05, 3.63) is 73.5 Å². The lowest BCUT2D eigenvalue weighted by Crippen LogP contribution is -2.33. The Morgan fingerprint density at radius 2 is 2.00 bits per heavy atom. The van der Waals surface area contributed by atoms with Crippen LogP contribution in [0.1, 0.15) is 22.2 Å². The lowest BCUT2D eigenvalue weighted by atomic mass is 10.1. The highest BCUT2D eigenvalue weighted by Crippen LogP contribution is 2.25. The van der Waals surface area contributed by atoms with Crippen LogP contribution in [-0.2, 0) is 11.2 Å². The van der Waals surface area contributed by atoms with E-state index < -0.39 is 23.2 Å². The van der Waals surface area contributed by atoms with E-state index in [9.17, 15) is 14.4 Å². The molecule has 2 heterocycles. The molecule has 1 aromatic carbocycles. The van der Waals surface area contributed by atoms with E-state index in [4.69, 9.17) is 5.73 Å². The molecule has 9 nitrogen and oxygen atoms in total. The third-order valence-electron chi connectivity index (χ3n) is 3.39. The van der Waals surface area contributed by atoms with Gasteiger partial charge in [-0.3, -0.25) is 14.6 Å². The van der Waals surface area contributed by atoms with Gasteiger partial charge in [0.25, 0.3) is 5.56 Å². The van der Waals surface area contributed by atoms with Crippen LogP contribution in [-0.4, -0.2) is 26.1 Å². The molecule has 1 amide bonds. The maximum absolute atomic E-state index is 12.4. The molecular formula is C15H14N6O3S. The average molecular weight is 358 g/mol. The minimum absolute atomic E-state index is 0.153. The maximum atomic E-state index is 12.4. The quantitative estimate of drug-likeness (QED) is 0.503. The van der Waals surface area contributed by atoms with Crippen molar-refractivity contribution in [1.82, 2.24) is 25.5 Å². The third kappa shape index (κ3) is 3.98. The van der Waals surface area contributed by atoms with Crippen LogP contribution in [0, 0.1) is 0 Å². The number of nitrogens with two attached hydrogens (primary N) is 1. The Hall–Kier alpha value is -3.27. The van der Waals surface area contributed by atoms with Gasteiger partial charge in [0.1, 0.15) is 11.0 Å². The number of benzene rings is 1. The van der Waals surface area contributed by atoms with Gasteiger partial charge in [-0.15, -0.1) is 10.2 Å². The molecule has 128 valence electrons. The molecule has 10 heteroatoms. The molecule has 25 heavy (non-hydrogen) atoms. The van der Waals surface area contributed by atoms with Crippen molar-refractivity contribution in [1.29, 1.82) is 0 Å². The van der Waals surface area contributed by atoms with E-state index in [0.29, 0.717) is 10.1 Å². The summed E-state index contributed by atoms with van der Waals surface area (Å²) in [6.45, 7) is 0. The fourth-order valence-electron chi connectivity index (χ4n) is 2.25. The van der Waals surface area contributed by atoms with Crippen LogP contribution >= 0.6 is 11.3 Å². The van der Waals surface area contributed by atoms with Crippen LogP contribution in [0.5, 0.6) is 0 Å². The topological polar surface area (TPSA) is 147 Å². The highest BCUT2D eigenvalue weighted by atomic mass is 32.1. The van der Waals surface area contributed by atoms with Gasteiger partial charge in [-0.2, -0.15) is 0 Å². The van der Waals surface area contributed by atoms with Crippen molar-refractivity contribution in [3.63, 3.8) is 0 Å². The number of anilines is 1. The van der Waals surface area contributed by atoms with Crippen molar-refractivity contribution in [2.45, 2.75) is 12.5 Å². The molecule has 5 N–H and O–H groups in total. The van der Waals surface area contributed by atoms with Gasteiger partial charge in [0.15, 0.2) is 0 Å². The first-order chi connectivity index (χ1) is 12.0. The molecule has 0 fully saturated rings. The number of rotatable bonds is 5. The first-order valence-corrected chi connectivity index (χ1v) is 8.08. The van der Waals surface area contributed by atoms with Crippen molar-refractivity contribution in [2.24, 2.45) is 0 Å². The molecule has 1 unspecified atom stereocenters. The molecular weight excluding hydrogens is 344 g/mol. The predicted molar refractivity (Wildman–Crippen MR) is 92.1 cm³/mol. The van der Waals surface area contributed by atoms with E-state index in [1.54, 1.807) is 0 Å². The summed E-state index contributed by atoms with van der Waals surface area (Å²) >= 11 is 1.17. The van der Waals surface area contributed by atoms with Crippen LogP contribution in [0.15, 0.2) is 46.1 Å². The first-order valence-electron chi connectivity index (χ1n) is 7.27. The normalized spacial score (nSPS) is 11.8. The van der Waals surface area contributed by atoms with E-state index in [-0.39, 0.29) is 12.0 Å². The summed E-state index contributed by atoms with van der Waals surface area (Å²) in [7, 11) is 0. The van der Waals surface area contributed by atoms with Crippen LogP contribution < -0.4 is 22.3 Å². The Morgan fingerprint density at radius 1 is 1.24 bits per heavy atom. The van der Waals surface area contributed by atoms with Gasteiger partial charge in [0.2, 0.25) is 11.0 Å². The summed E-state index contributed by atoms with van der Waals surface area (Å²) in [6, 6.07) is 8.68. The lowest BCUT2D eigenvalue weighted by Gasteiger charge is -2.16. The Bertz CT molecular complexity index is 994. The Kier molecular flexibility index (Phi) is 4.70. The highest BCUT2D eigenvalue weighted by molar-refractivity contribution is 7.15. The van der Waals surface area contributed by atoms with Gasteiger partial charge >= 0.3 is 5.69 Å². The van der Waals surface area contributed by atoms with E-state index in [1.165, 1.54) is 17.5 Å². The molecule has 2 aromatic heterocycles. The molecule has 0 radical (unpaired) electrons. The highest BCUT2D eigenvalue weighted by Gasteiger charge is 2.21. The molecule has 0 saturated heterocycles. The van der Waals surface area contributed by atoms with E-state index in [2.05, 4.69) is 25.5 Å². The minimum Gasteiger partial charge on any atom is -0.374 e. The second-order valence-corrected chi connectivity index (χ2v) is 6.20. The maximum Gasteiger partial charge on any atom is 0.325 e. The first kappa shape index (κ1) is 16.6. The second kappa shape index (κ2) is 7.09. The van der Waals surface area contributed by atoms with E-state index >= 15 is 0 Å². The number of aromatic amines is 2. The summed E-state index contributed by atoms with van der Waals surface area (Å²) in [4.78, 5) is 39.6. The number of nitrogen functional groups attached to an aromatic ring is 1. The van der Waals surface area contributed by atoms with Crippen molar-refractivity contribution < 1.29 is 4.79 Å². The molecule has 0 spiro atoms. The van der Waals surface area contributed by atoms with Crippen LogP contribution in [0.2, 0.25) is 0 Å². The smallest absolute Gasteiger partial charge is 0.325 e. The second-order valence-electron chi connectivity index (χ2n) is 5.16. The number of hydrogen-bond acceptors (Lipinski definition) is 7. The number of nitrogens with one attached hydrogen (secondary N) is 3. The Balaban J connectivity index is 1.84. The van der Waals surface area contributed by atoms with Crippen molar-refractivity contribution >= 4 is 22.4 Å². The molecule has 0 aliphatic rings. The van der Waals surface area contributed by atoms with Gasteiger partial charge < -0.3 is 16.0 Å². The van der Waals surface area contributed by atoms with Gasteiger partial charge in [-0.1, -0.05) is 41.7 Å². The molecule has 0 aliphatic carbocycles. The summed E-state index contributed by atoms with van der Waals surface area (Å²) in [6.07, 6.45) is 1.03. The number of H-pyrrole nitrogens is 2. The monoisotopic (exact) mass is 358 g/mol.